The number of aliphatic hydroxyl groups excluding tert-OH is 6. The van der Waals surface area contributed by atoms with Gasteiger partial charge in [-0.15, -0.1) is 0 Å². The van der Waals surface area contributed by atoms with Crippen LogP contribution in [0, 0.1) is 0 Å². The molecule has 1 rings (SSSR count). The van der Waals surface area contributed by atoms with Gasteiger partial charge in [-0.25, -0.2) is 0 Å². The normalized spacial score (nSPS) is 22.5. The summed E-state index contributed by atoms with van der Waals surface area (Å²) in [5, 5.41) is 64.6. The number of ether oxygens (including phenoxy) is 2. The van der Waals surface area contributed by atoms with Crippen LogP contribution in [0.25, 0.3) is 0 Å². The smallest absolute Gasteiger partial charge is 0.249 e. The molecule has 52 heavy (non-hydrogen) atoms. The second-order valence-corrected chi connectivity index (χ2v) is 15.3. The van der Waals surface area contributed by atoms with Gasteiger partial charge in [0.25, 0.3) is 0 Å². The topological polar surface area (TPSA) is 169 Å². The number of hydrogen-bond donors (Lipinski definition) is 7. The van der Waals surface area contributed by atoms with Crippen LogP contribution in [0.2, 0.25) is 0 Å². The van der Waals surface area contributed by atoms with Gasteiger partial charge in [0, 0.05) is 0 Å². The van der Waals surface area contributed by atoms with Crippen LogP contribution in [0.15, 0.2) is 12.2 Å². The van der Waals surface area contributed by atoms with E-state index < -0.39 is 61.5 Å². The lowest BCUT2D eigenvalue weighted by Gasteiger charge is -2.40. The van der Waals surface area contributed by atoms with Gasteiger partial charge < -0.3 is 45.4 Å². The van der Waals surface area contributed by atoms with Crippen molar-refractivity contribution < 1.29 is 44.9 Å². The fourth-order valence-electron chi connectivity index (χ4n) is 6.87. The lowest BCUT2D eigenvalue weighted by molar-refractivity contribution is -0.302. The zero-order valence-corrected chi connectivity index (χ0v) is 33.2. The largest absolute Gasteiger partial charge is 0.394 e. The van der Waals surface area contributed by atoms with Crippen molar-refractivity contribution in [2.75, 3.05) is 13.2 Å². The molecule has 0 radical (unpaired) electrons. The molecule has 8 atom stereocenters. The van der Waals surface area contributed by atoms with Gasteiger partial charge in [-0.3, -0.25) is 4.79 Å². The average Bonchev–Trinajstić information content (AvgIpc) is 3.14. The number of rotatable bonds is 35. The van der Waals surface area contributed by atoms with Crippen LogP contribution in [0.4, 0.5) is 0 Å². The molecule has 0 spiro atoms. The maximum absolute atomic E-state index is 13.0. The summed E-state index contributed by atoms with van der Waals surface area (Å²) < 4.78 is 11.1. The number of hydrogen-bond acceptors (Lipinski definition) is 9. The molecule has 0 aromatic carbocycles. The number of amides is 1. The zero-order valence-electron chi connectivity index (χ0n) is 33.2. The fourth-order valence-corrected chi connectivity index (χ4v) is 6.87. The number of allylic oxidation sites excluding steroid dienone is 2. The van der Waals surface area contributed by atoms with Crippen molar-refractivity contribution in [2.45, 2.75) is 236 Å². The molecule has 0 aliphatic carbocycles. The van der Waals surface area contributed by atoms with Gasteiger partial charge in [0.2, 0.25) is 5.91 Å². The van der Waals surface area contributed by atoms with Crippen molar-refractivity contribution in [2.24, 2.45) is 0 Å². The van der Waals surface area contributed by atoms with Gasteiger partial charge in [-0.2, -0.15) is 0 Å². The zero-order chi connectivity index (χ0) is 38.2. The lowest BCUT2D eigenvalue weighted by Crippen LogP contribution is -2.60. The average molecular weight is 744 g/mol. The first-order valence-corrected chi connectivity index (χ1v) is 21.5. The number of unbranched alkanes of at least 4 members (excludes halogenated alkanes) is 22. The van der Waals surface area contributed by atoms with Gasteiger partial charge >= 0.3 is 0 Å². The number of carbonyl (C=O) groups excluding carboxylic acids is 1. The third-order valence-electron chi connectivity index (χ3n) is 10.5. The molecule has 1 aliphatic rings. The summed E-state index contributed by atoms with van der Waals surface area (Å²) in [6, 6.07) is -0.893. The minimum Gasteiger partial charge on any atom is -0.394 e. The molecule has 0 bridgehead atoms. The second kappa shape index (κ2) is 33.2. The third-order valence-corrected chi connectivity index (χ3v) is 10.5. The van der Waals surface area contributed by atoms with Crippen molar-refractivity contribution in [3.63, 3.8) is 0 Å². The van der Waals surface area contributed by atoms with Crippen molar-refractivity contribution in [1.82, 2.24) is 5.32 Å². The van der Waals surface area contributed by atoms with Crippen LogP contribution in [-0.2, 0) is 14.3 Å². The molecular weight excluding hydrogens is 662 g/mol. The molecule has 308 valence electrons. The monoisotopic (exact) mass is 744 g/mol. The SMILES string of the molecule is CCCCCCCCC/C=C\CCCCCCC(O)C(=O)NC(COC1OC(CO)C(O)C(O)C1O)C(O)CCCCCCCCCCCCCC. The first-order valence-electron chi connectivity index (χ1n) is 21.5. The van der Waals surface area contributed by atoms with Gasteiger partial charge in [0.05, 0.1) is 25.4 Å². The van der Waals surface area contributed by atoms with Crippen LogP contribution < -0.4 is 5.32 Å². The molecule has 0 aromatic heterocycles. The summed E-state index contributed by atoms with van der Waals surface area (Å²) in [7, 11) is 0. The molecule has 8 unspecified atom stereocenters. The highest BCUT2D eigenvalue weighted by atomic mass is 16.7. The second-order valence-electron chi connectivity index (χ2n) is 15.3. The molecule has 1 fully saturated rings. The Bertz CT molecular complexity index is 844. The number of nitrogens with one attached hydrogen (secondary N) is 1. The Labute approximate surface area is 317 Å². The van der Waals surface area contributed by atoms with Gasteiger partial charge in [-0.05, 0) is 38.5 Å². The fraction of sp³-hybridized carbons (Fsp3) is 0.929. The molecule has 1 saturated heterocycles. The quantitative estimate of drug-likeness (QED) is 0.0264. The van der Waals surface area contributed by atoms with E-state index in [-0.39, 0.29) is 6.61 Å². The Morgan fingerprint density at radius 3 is 1.56 bits per heavy atom. The summed E-state index contributed by atoms with van der Waals surface area (Å²) >= 11 is 0. The van der Waals surface area contributed by atoms with Crippen molar-refractivity contribution in [3.05, 3.63) is 12.2 Å². The molecule has 0 aromatic rings. The first-order chi connectivity index (χ1) is 25.3. The van der Waals surface area contributed by atoms with E-state index in [9.17, 15) is 35.4 Å². The standard InChI is InChI=1S/C42H81NO9/c1-3-5-7-9-11-13-15-17-18-19-21-23-25-27-29-31-36(46)41(50)43-34(33-51-42-40(49)39(48)38(47)37(32-44)52-42)35(45)30-28-26-24-22-20-16-14-12-10-8-6-4-2/h18-19,34-40,42,44-49H,3-17,20-33H2,1-2H3,(H,43,50)/b19-18-. The Hall–Kier alpha value is -1.11. The number of aliphatic hydroxyl groups is 6. The van der Waals surface area contributed by atoms with Gasteiger partial charge in [0.15, 0.2) is 6.29 Å². The third kappa shape index (κ3) is 23.6. The highest BCUT2D eigenvalue weighted by molar-refractivity contribution is 5.80. The Balaban J connectivity index is 2.44. The molecule has 7 N–H and O–H groups in total. The highest BCUT2D eigenvalue weighted by Crippen LogP contribution is 2.23. The van der Waals surface area contributed by atoms with Crippen LogP contribution >= 0.6 is 0 Å². The Kier molecular flexibility index (Phi) is 31.3. The van der Waals surface area contributed by atoms with Crippen LogP contribution in [-0.4, -0.2) is 98.7 Å². The van der Waals surface area contributed by atoms with Crippen molar-refractivity contribution in [1.29, 1.82) is 0 Å². The van der Waals surface area contributed by atoms with E-state index in [2.05, 4.69) is 31.3 Å². The molecule has 1 aliphatic heterocycles. The van der Waals surface area contributed by atoms with E-state index in [1.807, 2.05) is 0 Å². The highest BCUT2D eigenvalue weighted by Gasteiger charge is 2.44. The summed E-state index contributed by atoms with van der Waals surface area (Å²) in [6.07, 6.45) is 25.4. The van der Waals surface area contributed by atoms with E-state index in [4.69, 9.17) is 9.47 Å². The summed E-state index contributed by atoms with van der Waals surface area (Å²) in [5.74, 6) is -0.593. The molecular formula is C42H81NO9. The summed E-state index contributed by atoms with van der Waals surface area (Å²) in [4.78, 5) is 13.0. The van der Waals surface area contributed by atoms with Crippen molar-refractivity contribution in [3.8, 4) is 0 Å². The predicted molar refractivity (Wildman–Crippen MR) is 209 cm³/mol. The number of carbonyl (C=O) groups is 1. The van der Waals surface area contributed by atoms with Crippen molar-refractivity contribution >= 4 is 5.91 Å². The molecule has 0 saturated carbocycles. The van der Waals surface area contributed by atoms with E-state index >= 15 is 0 Å². The van der Waals surface area contributed by atoms with E-state index in [1.165, 1.54) is 96.3 Å². The Morgan fingerprint density at radius 1 is 0.635 bits per heavy atom. The summed E-state index contributed by atoms with van der Waals surface area (Å²) in [5.41, 5.74) is 0. The first kappa shape index (κ1) is 48.9. The Morgan fingerprint density at radius 2 is 1.08 bits per heavy atom. The molecule has 10 nitrogen and oxygen atoms in total. The van der Waals surface area contributed by atoms with E-state index in [1.54, 1.807) is 0 Å². The van der Waals surface area contributed by atoms with E-state index in [0.29, 0.717) is 19.3 Å². The predicted octanol–water partition coefficient (Wildman–Crippen LogP) is 7.14. The molecule has 1 heterocycles. The van der Waals surface area contributed by atoms with Crippen LogP contribution in [0.1, 0.15) is 187 Å². The van der Waals surface area contributed by atoms with Crippen LogP contribution in [0.3, 0.4) is 0 Å². The van der Waals surface area contributed by atoms with Gasteiger partial charge in [-0.1, -0.05) is 161 Å². The molecule has 1 amide bonds. The maximum atomic E-state index is 13.0. The summed E-state index contributed by atoms with van der Waals surface area (Å²) in [6.45, 7) is 3.64. The van der Waals surface area contributed by atoms with E-state index in [0.717, 1.165) is 57.8 Å². The van der Waals surface area contributed by atoms with Crippen LogP contribution in [0.5, 0.6) is 0 Å². The minimum absolute atomic E-state index is 0.257. The maximum Gasteiger partial charge on any atom is 0.249 e. The molecule has 10 heteroatoms. The van der Waals surface area contributed by atoms with Gasteiger partial charge in [0.1, 0.15) is 30.5 Å². The minimum atomic E-state index is -1.59. The lowest BCUT2D eigenvalue weighted by atomic mass is 9.99.